The first-order valence-corrected chi connectivity index (χ1v) is 6.83. The number of rotatable bonds is 4. The van der Waals surface area contributed by atoms with Crippen LogP contribution in [0.15, 0.2) is 36.5 Å². The molecule has 1 aromatic carbocycles. The molecule has 0 aliphatic rings. The number of methoxy groups -OCH3 is 1. The second kappa shape index (κ2) is 6.87. The summed E-state index contributed by atoms with van der Waals surface area (Å²) in [7, 11) is 1.30. The van der Waals surface area contributed by atoms with Crippen LogP contribution >= 0.6 is 11.6 Å². The van der Waals surface area contributed by atoms with Gasteiger partial charge in [-0.3, -0.25) is 4.79 Å². The molecule has 8 heteroatoms. The summed E-state index contributed by atoms with van der Waals surface area (Å²) < 4.78 is 42.2. The molecular formula is C15H12ClF3N2O2. The largest absolute Gasteiger partial charge is 0.469 e. The van der Waals surface area contributed by atoms with Crippen LogP contribution in [0, 0.1) is 0 Å². The second-order valence-corrected chi connectivity index (χ2v) is 5.03. The number of ether oxygens (including phenoxy) is 1. The lowest BCUT2D eigenvalue weighted by molar-refractivity contribution is -0.140. The fourth-order valence-electron chi connectivity index (χ4n) is 1.77. The Balaban J connectivity index is 2.12. The number of carbonyl (C=O) groups is 1. The van der Waals surface area contributed by atoms with Gasteiger partial charge in [-0.1, -0.05) is 23.7 Å². The molecule has 2 rings (SSSR count). The molecule has 0 radical (unpaired) electrons. The number of hydrogen-bond acceptors (Lipinski definition) is 4. The third kappa shape index (κ3) is 4.59. The molecule has 0 fully saturated rings. The van der Waals surface area contributed by atoms with E-state index in [9.17, 15) is 18.0 Å². The average Bonchev–Trinajstić information content (AvgIpc) is 2.50. The number of benzene rings is 1. The normalized spacial score (nSPS) is 11.2. The van der Waals surface area contributed by atoms with Gasteiger partial charge in [-0.15, -0.1) is 0 Å². The van der Waals surface area contributed by atoms with Crippen molar-refractivity contribution in [2.24, 2.45) is 0 Å². The number of nitrogens with zero attached hydrogens (tertiary/aromatic N) is 1. The van der Waals surface area contributed by atoms with E-state index in [0.717, 1.165) is 11.6 Å². The van der Waals surface area contributed by atoms with Crippen LogP contribution in [-0.2, 0) is 22.1 Å². The first-order valence-electron chi connectivity index (χ1n) is 6.45. The van der Waals surface area contributed by atoms with Crippen LogP contribution in [0.2, 0.25) is 5.02 Å². The van der Waals surface area contributed by atoms with E-state index in [-0.39, 0.29) is 23.2 Å². The minimum Gasteiger partial charge on any atom is -0.469 e. The highest BCUT2D eigenvalue weighted by molar-refractivity contribution is 6.33. The summed E-state index contributed by atoms with van der Waals surface area (Å²) in [5.41, 5.74) is 0.406. The van der Waals surface area contributed by atoms with Crippen molar-refractivity contribution in [2.75, 3.05) is 12.4 Å². The van der Waals surface area contributed by atoms with Crippen molar-refractivity contribution in [3.63, 3.8) is 0 Å². The molecule has 0 aliphatic heterocycles. The Hall–Kier alpha value is -2.28. The monoisotopic (exact) mass is 344 g/mol. The van der Waals surface area contributed by atoms with E-state index >= 15 is 0 Å². The molecule has 0 saturated carbocycles. The van der Waals surface area contributed by atoms with Gasteiger partial charge in [-0.25, -0.2) is 4.98 Å². The van der Waals surface area contributed by atoms with Crippen LogP contribution in [-0.4, -0.2) is 18.1 Å². The van der Waals surface area contributed by atoms with Crippen molar-refractivity contribution in [3.05, 3.63) is 52.7 Å². The summed E-state index contributed by atoms with van der Waals surface area (Å²) in [6.07, 6.45) is -3.65. The lowest BCUT2D eigenvalue weighted by Crippen LogP contribution is -2.06. The fourth-order valence-corrected chi connectivity index (χ4v) is 1.98. The summed E-state index contributed by atoms with van der Waals surface area (Å²) in [5.74, 6) is -0.251. The standard InChI is InChI=1S/C15H12ClF3N2O2/c1-23-13(22)6-9-2-4-11(5-3-9)21-14-12(16)7-10(8-20-14)15(17,18)19/h2-5,7-8H,6H2,1H3,(H,20,21). The molecule has 4 nitrogen and oxygen atoms in total. The summed E-state index contributed by atoms with van der Waals surface area (Å²) in [4.78, 5) is 14.8. The van der Waals surface area contributed by atoms with Crippen LogP contribution in [0.5, 0.6) is 0 Å². The van der Waals surface area contributed by atoms with Gasteiger partial charge in [0.05, 0.1) is 24.1 Å². The second-order valence-electron chi connectivity index (χ2n) is 4.63. The highest BCUT2D eigenvalue weighted by Gasteiger charge is 2.31. The van der Waals surface area contributed by atoms with Gasteiger partial charge in [-0.2, -0.15) is 13.2 Å². The first-order chi connectivity index (χ1) is 10.8. The molecule has 0 aliphatic carbocycles. The molecule has 122 valence electrons. The molecule has 0 amide bonds. The maximum absolute atomic E-state index is 12.5. The Bertz CT molecular complexity index is 703. The van der Waals surface area contributed by atoms with E-state index in [1.54, 1.807) is 24.3 Å². The van der Waals surface area contributed by atoms with Crippen molar-refractivity contribution in [1.29, 1.82) is 0 Å². The number of nitrogens with one attached hydrogen (secondary N) is 1. The lowest BCUT2D eigenvalue weighted by atomic mass is 10.1. The first kappa shape index (κ1) is 17.1. The molecule has 1 heterocycles. The van der Waals surface area contributed by atoms with Gasteiger partial charge < -0.3 is 10.1 Å². The van der Waals surface area contributed by atoms with E-state index < -0.39 is 11.7 Å². The van der Waals surface area contributed by atoms with E-state index in [1.807, 2.05) is 0 Å². The van der Waals surface area contributed by atoms with Gasteiger partial charge in [0.1, 0.15) is 5.82 Å². The number of alkyl halides is 3. The quantitative estimate of drug-likeness (QED) is 0.844. The summed E-state index contributed by atoms with van der Waals surface area (Å²) >= 11 is 5.82. The Morgan fingerprint density at radius 3 is 2.48 bits per heavy atom. The van der Waals surface area contributed by atoms with E-state index in [2.05, 4.69) is 15.0 Å². The molecule has 0 unspecified atom stereocenters. The van der Waals surface area contributed by atoms with Gasteiger partial charge >= 0.3 is 12.1 Å². The van der Waals surface area contributed by atoms with E-state index in [0.29, 0.717) is 11.9 Å². The molecule has 2 aromatic rings. The molecule has 1 N–H and O–H groups in total. The zero-order chi connectivity index (χ0) is 17.0. The van der Waals surface area contributed by atoms with Crippen molar-refractivity contribution >= 4 is 29.1 Å². The number of pyridine rings is 1. The van der Waals surface area contributed by atoms with Crippen LogP contribution in [0.1, 0.15) is 11.1 Å². The van der Waals surface area contributed by atoms with Gasteiger partial charge in [0.2, 0.25) is 0 Å². The highest BCUT2D eigenvalue weighted by Crippen LogP contribution is 2.33. The Morgan fingerprint density at radius 1 is 1.30 bits per heavy atom. The molecule has 0 atom stereocenters. The molecule has 1 aromatic heterocycles. The van der Waals surface area contributed by atoms with Crippen LogP contribution in [0.4, 0.5) is 24.7 Å². The number of hydrogen-bond donors (Lipinski definition) is 1. The zero-order valence-corrected chi connectivity index (χ0v) is 12.7. The van der Waals surface area contributed by atoms with Crippen molar-refractivity contribution in [2.45, 2.75) is 12.6 Å². The van der Waals surface area contributed by atoms with Gasteiger partial charge in [0.15, 0.2) is 0 Å². The van der Waals surface area contributed by atoms with Gasteiger partial charge in [0, 0.05) is 11.9 Å². The fraction of sp³-hybridized carbons (Fsp3) is 0.200. The Morgan fingerprint density at radius 2 is 1.96 bits per heavy atom. The maximum atomic E-state index is 12.5. The average molecular weight is 345 g/mol. The van der Waals surface area contributed by atoms with Crippen molar-refractivity contribution in [3.8, 4) is 0 Å². The van der Waals surface area contributed by atoms with Crippen LogP contribution in [0.3, 0.4) is 0 Å². The molecule has 0 saturated heterocycles. The number of halogens is 4. The van der Waals surface area contributed by atoms with Crippen LogP contribution < -0.4 is 5.32 Å². The maximum Gasteiger partial charge on any atom is 0.417 e. The predicted molar refractivity (Wildman–Crippen MR) is 79.7 cm³/mol. The van der Waals surface area contributed by atoms with E-state index in [4.69, 9.17) is 11.6 Å². The lowest BCUT2D eigenvalue weighted by Gasteiger charge is -2.11. The summed E-state index contributed by atoms with van der Waals surface area (Å²) in [6.45, 7) is 0. The number of esters is 1. The summed E-state index contributed by atoms with van der Waals surface area (Å²) in [5, 5.41) is 2.68. The minimum absolute atomic E-state index is 0.111. The predicted octanol–water partition coefficient (Wildman–Crippen LogP) is 4.21. The summed E-state index contributed by atoms with van der Waals surface area (Å²) in [6, 6.07) is 7.51. The van der Waals surface area contributed by atoms with Crippen LogP contribution in [0.25, 0.3) is 0 Å². The molecule has 0 spiro atoms. The van der Waals surface area contributed by atoms with Crippen molar-refractivity contribution < 1.29 is 22.7 Å². The van der Waals surface area contributed by atoms with Crippen molar-refractivity contribution in [1.82, 2.24) is 4.98 Å². The van der Waals surface area contributed by atoms with Gasteiger partial charge in [0.25, 0.3) is 0 Å². The third-order valence-corrected chi connectivity index (χ3v) is 3.25. The Kier molecular flexibility index (Phi) is 5.10. The molecule has 0 bridgehead atoms. The molecule has 23 heavy (non-hydrogen) atoms. The topological polar surface area (TPSA) is 51.2 Å². The number of aromatic nitrogens is 1. The molecular weight excluding hydrogens is 333 g/mol. The third-order valence-electron chi connectivity index (χ3n) is 2.96. The highest BCUT2D eigenvalue weighted by atomic mass is 35.5. The minimum atomic E-state index is -4.50. The number of anilines is 2. The number of carbonyl (C=O) groups excluding carboxylic acids is 1. The SMILES string of the molecule is COC(=O)Cc1ccc(Nc2ncc(C(F)(F)F)cc2Cl)cc1. The zero-order valence-electron chi connectivity index (χ0n) is 11.9. The Labute approximate surface area is 135 Å². The smallest absolute Gasteiger partial charge is 0.417 e. The van der Waals surface area contributed by atoms with Gasteiger partial charge in [-0.05, 0) is 23.8 Å². The van der Waals surface area contributed by atoms with E-state index in [1.165, 1.54) is 7.11 Å².